The molecule has 1 aliphatic heterocycles. The number of anilines is 1. The number of para-hydroxylation sites is 1. The number of fused-ring (bicyclic) bond motifs is 1. The first kappa shape index (κ1) is 15.0. The molecule has 22 heavy (non-hydrogen) atoms. The zero-order valence-corrected chi connectivity index (χ0v) is 13.3. The summed E-state index contributed by atoms with van der Waals surface area (Å²) in [5, 5.41) is 3.01. The number of nitrogens with one attached hydrogen (secondary N) is 1. The van der Waals surface area contributed by atoms with Crippen molar-refractivity contribution in [1.82, 2.24) is 5.32 Å². The van der Waals surface area contributed by atoms with Crippen LogP contribution < -0.4 is 10.2 Å². The molecule has 0 aliphatic carbocycles. The number of thioether (sulfide) groups is 1. The summed E-state index contributed by atoms with van der Waals surface area (Å²) in [6.07, 6.45) is 1.10. The van der Waals surface area contributed by atoms with Crippen LogP contribution in [0.3, 0.4) is 0 Å². The summed E-state index contributed by atoms with van der Waals surface area (Å²) in [6, 6.07) is 18.4. The van der Waals surface area contributed by atoms with E-state index in [4.69, 9.17) is 0 Å². The average molecular weight is 312 g/mol. The monoisotopic (exact) mass is 312 g/mol. The highest BCUT2D eigenvalue weighted by molar-refractivity contribution is 7.99. The van der Waals surface area contributed by atoms with Crippen molar-refractivity contribution in [2.24, 2.45) is 0 Å². The van der Waals surface area contributed by atoms with Gasteiger partial charge in [0.25, 0.3) is 0 Å². The molecule has 0 unspecified atom stereocenters. The fraction of sp³-hybridized carbons (Fsp3) is 0.278. The number of rotatable bonds is 4. The van der Waals surface area contributed by atoms with Crippen molar-refractivity contribution < 1.29 is 4.79 Å². The Labute approximate surface area is 135 Å². The normalized spacial score (nSPS) is 14.1. The molecule has 2 aromatic carbocycles. The van der Waals surface area contributed by atoms with Gasteiger partial charge in [0.05, 0.1) is 12.2 Å². The maximum atomic E-state index is 12.2. The molecule has 0 saturated heterocycles. The summed E-state index contributed by atoms with van der Waals surface area (Å²) in [5.41, 5.74) is 2.31. The maximum absolute atomic E-state index is 12.2. The Morgan fingerprint density at radius 3 is 2.73 bits per heavy atom. The van der Waals surface area contributed by atoms with Crippen molar-refractivity contribution in [1.29, 1.82) is 0 Å². The van der Waals surface area contributed by atoms with Crippen LogP contribution in [0.2, 0.25) is 0 Å². The lowest BCUT2D eigenvalue weighted by molar-refractivity contribution is -0.119. The standard InChI is InChI=1S/C18H20N2OS/c21-18(19-13-15-7-2-1-3-8-15)14-20-11-6-12-22-17-10-5-4-9-16(17)20/h1-5,7-10H,6,11-14H2,(H,19,21). The van der Waals surface area contributed by atoms with E-state index in [1.165, 1.54) is 10.6 Å². The third-order valence-corrected chi connectivity index (χ3v) is 4.85. The third-order valence-electron chi connectivity index (χ3n) is 3.70. The van der Waals surface area contributed by atoms with Gasteiger partial charge in [-0.05, 0) is 29.9 Å². The van der Waals surface area contributed by atoms with E-state index in [2.05, 4.69) is 28.4 Å². The molecule has 2 aromatic rings. The summed E-state index contributed by atoms with van der Waals surface area (Å²) in [7, 11) is 0. The molecule has 0 atom stereocenters. The second-order valence-corrected chi connectivity index (χ2v) is 6.49. The van der Waals surface area contributed by atoms with E-state index in [0.29, 0.717) is 13.1 Å². The van der Waals surface area contributed by atoms with Crippen LogP contribution in [0.25, 0.3) is 0 Å². The molecule has 114 valence electrons. The van der Waals surface area contributed by atoms with Crippen LogP contribution in [0.15, 0.2) is 59.5 Å². The van der Waals surface area contributed by atoms with E-state index in [1.54, 1.807) is 0 Å². The van der Waals surface area contributed by atoms with E-state index in [9.17, 15) is 4.79 Å². The summed E-state index contributed by atoms with van der Waals surface area (Å²) >= 11 is 1.88. The first-order chi connectivity index (χ1) is 10.8. The Morgan fingerprint density at radius 2 is 1.86 bits per heavy atom. The number of hydrogen-bond donors (Lipinski definition) is 1. The second-order valence-electron chi connectivity index (χ2n) is 5.35. The molecule has 0 bridgehead atoms. The topological polar surface area (TPSA) is 32.3 Å². The highest BCUT2D eigenvalue weighted by Crippen LogP contribution is 2.33. The quantitative estimate of drug-likeness (QED) is 0.940. The van der Waals surface area contributed by atoms with Gasteiger partial charge in [-0.3, -0.25) is 4.79 Å². The minimum Gasteiger partial charge on any atom is -0.361 e. The lowest BCUT2D eigenvalue weighted by Crippen LogP contribution is -2.37. The number of carbonyl (C=O) groups is 1. The second kappa shape index (κ2) is 7.36. The van der Waals surface area contributed by atoms with Gasteiger partial charge in [-0.25, -0.2) is 0 Å². The van der Waals surface area contributed by atoms with Crippen molar-refractivity contribution in [2.45, 2.75) is 17.9 Å². The molecule has 3 rings (SSSR count). The third kappa shape index (κ3) is 3.83. The lowest BCUT2D eigenvalue weighted by Gasteiger charge is -2.23. The Bertz CT molecular complexity index is 630. The van der Waals surface area contributed by atoms with Crippen molar-refractivity contribution in [2.75, 3.05) is 23.7 Å². The molecule has 1 N–H and O–H groups in total. The summed E-state index contributed by atoms with van der Waals surface area (Å²) < 4.78 is 0. The van der Waals surface area contributed by atoms with Crippen LogP contribution >= 0.6 is 11.8 Å². The number of nitrogens with zero attached hydrogens (tertiary/aromatic N) is 1. The lowest BCUT2D eigenvalue weighted by atomic mass is 10.2. The SMILES string of the molecule is O=C(CN1CCCSc2ccccc21)NCc1ccccc1. The Balaban J connectivity index is 1.61. The van der Waals surface area contributed by atoms with Crippen LogP contribution in [0.4, 0.5) is 5.69 Å². The van der Waals surface area contributed by atoms with Crippen LogP contribution in [-0.2, 0) is 11.3 Å². The van der Waals surface area contributed by atoms with Gasteiger partial charge in [-0.1, -0.05) is 42.5 Å². The molecule has 1 amide bonds. The molecule has 4 heteroatoms. The molecule has 0 spiro atoms. The highest BCUT2D eigenvalue weighted by atomic mass is 32.2. The zero-order chi connectivity index (χ0) is 15.2. The van der Waals surface area contributed by atoms with Gasteiger partial charge in [0.1, 0.15) is 0 Å². The molecule has 0 saturated carbocycles. The van der Waals surface area contributed by atoms with E-state index in [-0.39, 0.29) is 5.91 Å². The Kier molecular flexibility index (Phi) is 5.01. The van der Waals surface area contributed by atoms with Crippen LogP contribution in [0, 0.1) is 0 Å². The predicted octanol–water partition coefficient (Wildman–Crippen LogP) is 3.31. The van der Waals surface area contributed by atoms with E-state index in [1.807, 2.05) is 48.2 Å². The van der Waals surface area contributed by atoms with Gasteiger partial charge in [0.15, 0.2) is 0 Å². The van der Waals surface area contributed by atoms with Gasteiger partial charge in [-0.2, -0.15) is 0 Å². The number of benzene rings is 2. The largest absolute Gasteiger partial charge is 0.361 e. The van der Waals surface area contributed by atoms with E-state index >= 15 is 0 Å². The van der Waals surface area contributed by atoms with Crippen LogP contribution in [-0.4, -0.2) is 24.7 Å². The molecular weight excluding hydrogens is 292 g/mol. The minimum atomic E-state index is 0.0746. The predicted molar refractivity (Wildman–Crippen MR) is 92.3 cm³/mol. The van der Waals surface area contributed by atoms with Crippen molar-refractivity contribution in [3.05, 3.63) is 60.2 Å². The van der Waals surface area contributed by atoms with Crippen molar-refractivity contribution in [3.8, 4) is 0 Å². The van der Waals surface area contributed by atoms with Crippen molar-refractivity contribution >= 4 is 23.4 Å². The Hall–Kier alpha value is -1.94. The van der Waals surface area contributed by atoms with E-state index < -0.39 is 0 Å². The van der Waals surface area contributed by atoms with Gasteiger partial charge in [0, 0.05) is 18.0 Å². The molecule has 1 heterocycles. The molecule has 0 fully saturated rings. The Morgan fingerprint density at radius 1 is 1.09 bits per heavy atom. The fourth-order valence-corrected chi connectivity index (χ4v) is 3.60. The summed E-state index contributed by atoms with van der Waals surface area (Å²) in [6.45, 7) is 1.94. The molecule has 3 nitrogen and oxygen atoms in total. The number of hydrogen-bond acceptors (Lipinski definition) is 3. The highest BCUT2D eigenvalue weighted by Gasteiger charge is 2.17. The molecular formula is C18H20N2OS. The van der Waals surface area contributed by atoms with Crippen LogP contribution in [0.1, 0.15) is 12.0 Å². The first-order valence-corrected chi connectivity index (χ1v) is 8.59. The molecule has 0 radical (unpaired) electrons. The maximum Gasteiger partial charge on any atom is 0.239 e. The van der Waals surface area contributed by atoms with Gasteiger partial charge >= 0.3 is 0 Å². The average Bonchev–Trinajstić information content (AvgIpc) is 2.77. The number of carbonyl (C=O) groups excluding carboxylic acids is 1. The minimum absolute atomic E-state index is 0.0746. The molecule has 0 aromatic heterocycles. The zero-order valence-electron chi connectivity index (χ0n) is 12.5. The van der Waals surface area contributed by atoms with Crippen LogP contribution in [0.5, 0.6) is 0 Å². The van der Waals surface area contributed by atoms with Gasteiger partial charge in [-0.15, -0.1) is 11.8 Å². The fourth-order valence-electron chi connectivity index (χ4n) is 2.59. The van der Waals surface area contributed by atoms with Gasteiger partial charge < -0.3 is 10.2 Å². The van der Waals surface area contributed by atoms with Crippen molar-refractivity contribution in [3.63, 3.8) is 0 Å². The first-order valence-electron chi connectivity index (χ1n) is 7.60. The van der Waals surface area contributed by atoms with E-state index in [0.717, 1.165) is 24.3 Å². The summed E-state index contributed by atoms with van der Waals surface area (Å²) in [4.78, 5) is 15.7. The van der Waals surface area contributed by atoms with Gasteiger partial charge in [0.2, 0.25) is 5.91 Å². The smallest absolute Gasteiger partial charge is 0.239 e. The summed E-state index contributed by atoms with van der Waals surface area (Å²) in [5.74, 6) is 1.18. The molecule has 1 aliphatic rings. The number of amides is 1.